The van der Waals surface area contributed by atoms with E-state index in [4.69, 9.17) is 9.47 Å². The van der Waals surface area contributed by atoms with Gasteiger partial charge in [-0.15, -0.1) is 0 Å². The number of rotatable bonds is 5. The van der Waals surface area contributed by atoms with E-state index in [9.17, 15) is 4.79 Å². The number of ether oxygens (including phenoxy) is 2. The van der Waals surface area contributed by atoms with Gasteiger partial charge in [0.15, 0.2) is 5.69 Å². The molecule has 2 heterocycles. The van der Waals surface area contributed by atoms with Gasteiger partial charge < -0.3 is 20.1 Å². The summed E-state index contributed by atoms with van der Waals surface area (Å²) in [5.74, 6) is 1.22. The van der Waals surface area contributed by atoms with Gasteiger partial charge in [-0.3, -0.25) is 9.89 Å². The number of aromatic nitrogens is 2. The van der Waals surface area contributed by atoms with Crippen LogP contribution in [0.5, 0.6) is 11.5 Å². The van der Waals surface area contributed by atoms with Gasteiger partial charge in [-0.2, -0.15) is 5.10 Å². The molecule has 7 nitrogen and oxygen atoms in total. The van der Waals surface area contributed by atoms with E-state index in [0.29, 0.717) is 23.7 Å². The number of nitrogens with zero attached hydrogens (tertiary/aromatic N) is 1. The van der Waals surface area contributed by atoms with Gasteiger partial charge in [0.1, 0.15) is 11.5 Å². The van der Waals surface area contributed by atoms with Crippen LogP contribution < -0.4 is 20.1 Å². The third-order valence-electron chi connectivity index (χ3n) is 4.27. The SMILES string of the molecule is COc1ccc(OC)c(C(C)NC(=O)c2n[nH]c3c2CNCC3)c1. The molecular formula is C17H22N4O3. The maximum Gasteiger partial charge on any atom is 0.272 e. The fraction of sp³-hybridized carbons (Fsp3) is 0.412. The number of carbonyl (C=O) groups is 1. The molecule has 0 aliphatic carbocycles. The number of amides is 1. The highest BCUT2D eigenvalue weighted by atomic mass is 16.5. The minimum Gasteiger partial charge on any atom is -0.497 e. The number of nitrogens with one attached hydrogen (secondary N) is 3. The molecule has 7 heteroatoms. The molecule has 1 amide bonds. The predicted molar refractivity (Wildman–Crippen MR) is 89.4 cm³/mol. The van der Waals surface area contributed by atoms with E-state index < -0.39 is 0 Å². The van der Waals surface area contributed by atoms with Crippen molar-refractivity contribution < 1.29 is 14.3 Å². The van der Waals surface area contributed by atoms with Gasteiger partial charge in [0.2, 0.25) is 0 Å². The van der Waals surface area contributed by atoms with Crippen molar-refractivity contribution in [2.24, 2.45) is 0 Å². The van der Waals surface area contributed by atoms with Crippen LogP contribution in [0.1, 0.15) is 40.3 Å². The van der Waals surface area contributed by atoms with Crippen molar-refractivity contribution in [1.29, 1.82) is 0 Å². The summed E-state index contributed by atoms with van der Waals surface area (Å²) in [5.41, 5.74) is 3.28. The van der Waals surface area contributed by atoms with Gasteiger partial charge >= 0.3 is 0 Å². The summed E-state index contributed by atoms with van der Waals surface area (Å²) in [7, 11) is 3.22. The monoisotopic (exact) mass is 330 g/mol. The Labute approximate surface area is 140 Å². The van der Waals surface area contributed by atoms with Gasteiger partial charge in [0, 0.05) is 36.3 Å². The molecule has 1 aromatic heterocycles. The minimum atomic E-state index is -0.244. The minimum absolute atomic E-state index is 0.200. The van der Waals surface area contributed by atoms with Crippen molar-refractivity contribution in [1.82, 2.24) is 20.8 Å². The van der Waals surface area contributed by atoms with E-state index in [1.807, 2.05) is 25.1 Å². The van der Waals surface area contributed by atoms with Crippen LogP contribution in [0.2, 0.25) is 0 Å². The van der Waals surface area contributed by atoms with Crippen molar-refractivity contribution in [2.45, 2.75) is 25.9 Å². The van der Waals surface area contributed by atoms with Crippen LogP contribution in [-0.2, 0) is 13.0 Å². The predicted octanol–water partition coefficient (Wildman–Crippen LogP) is 1.56. The van der Waals surface area contributed by atoms with Crippen LogP contribution in [0.15, 0.2) is 18.2 Å². The number of hydrogen-bond donors (Lipinski definition) is 3. The average molecular weight is 330 g/mol. The first kappa shape index (κ1) is 16.3. The first-order valence-corrected chi connectivity index (χ1v) is 7.93. The van der Waals surface area contributed by atoms with Gasteiger partial charge in [0.25, 0.3) is 5.91 Å². The molecule has 1 unspecified atom stereocenters. The van der Waals surface area contributed by atoms with Crippen LogP contribution in [0.25, 0.3) is 0 Å². The number of fused-ring (bicyclic) bond motifs is 1. The summed E-state index contributed by atoms with van der Waals surface area (Å²) >= 11 is 0. The molecule has 1 atom stereocenters. The first-order chi connectivity index (χ1) is 11.6. The van der Waals surface area contributed by atoms with Crippen molar-refractivity contribution >= 4 is 5.91 Å². The molecular weight excluding hydrogens is 308 g/mol. The van der Waals surface area contributed by atoms with E-state index >= 15 is 0 Å². The highest BCUT2D eigenvalue weighted by Gasteiger charge is 2.23. The third kappa shape index (κ3) is 3.07. The lowest BCUT2D eigenvalue weighted by molar-refractivity contribution is 0.0933. The molecule has 0 bridgehead atoms. The van der Waals surface area contributed by atoms with Crippen molar-refractivity contribution in [3.8, 4) is 11.5 Å². The zero-order chi connectivity index (χ0) is 17.1. The van der Waals surface area contributed by atoms with Crippen molar-refractivity contribution in [2.75, 3.05) is 20.8 Å². The number of hydrogen-bond acceptors (Lipinski definition) is 5. The molecule has 1 aliphatic heterocycles. The molecule has 0 fully saturated rings. The second-order valence-corrected chi connectivity index (χ2v) is 5.76. The molecule has 0 saturated carbocycles. The lowest BCUT2D eigenvalue weighted by Gasteiger charge is -2.18. The zero-order valence-electron chi connectivity index (χ0n) is 14.1. The number of methoxy groups -OCH3 is 2. The van der Waals surface area contributed by atoms with E-state index in [1.54, 1.807) is 14.2 Å². The third-order valence-corrected chi connectivity index (χ3v) is 4.27. The van der Waals surface area contributed by atoms with Gasteiger partial charge in [0.05, 0.1) is 20.3 Å². The summed E-state index contributed by atoms with van der Waals surface area (Å²) in [4.78, 5) is 12.6. The molecule has 1 aliphatic rings. The molecule has 0 radical (unpaired) electrons. The zero-order valence-corrected chi connectivity index (χ0v) is 14.1. The summed E-state index contributed by atoms with van der Waals surface area (Å²) in [6.07, 6.45) is 0.856. The molecule has 1 aromatic carbocycles. The highest BCUT2D eigenvalue weighted by Crippen LogP contribution is 2.29. The standard InChI is InChI=1S/C17H22N4O3/c1-10(12-8-11(23-2)4-5-15(12)24-3)19-17(22)16-13-9-18-7-6-14(13)20-21-16/h4-5,8,10,18H,6-7,9H2,1-3H3,(H,19,22)(H,20,21). The van der Waals surface area contributed by atoms with Crippen LogP contribution in [0.4, 0.5) is 0 Å². The largest absolute Gasteiger partial charge is 0.497 e. The number of carbonyl (C=O) groups excluding carboxylic acids is 1. The van der Waals surface area contributed by atoms with Crippen LogP contribution in [-0.4, -0.2) is 36.9 Å². The number of benzene rings is 1. The average Bonchev–Trinajstić information content (AvgIpc) is 3.05. The van der Waals surface area contributed by atoms with Crippen molar-refractivity contribution in [3.63, 3.8) is 0 Å². The second-order valence-electron chi connectivity index (χ2n) is 5.76. The van der Waals surface area contributed by atoms with Crippen LogP contribution >= 0.6 is 0 Å². The Morgan fingerprint density at radius 2 is 2.17 bits per heavy atom. The summed E-state index contributed by atoms with van der Waals surface area (Å²) < 4.78 is 10.7. The quantitative estimate of drug-likeness (QED) is 0.774. The topological polar surface area (TPSA) is 88.3 Å². The number of aromatic amines is 1. The lowest BCUT2D eigenvalue weighted by Crippen LogP contribution is -2.30. The number of H-pyrrole nitrogens is 1. The van der Waals surface area contributed by atoms with E-state index in [-0.39, 0.29) is 11.9 Å². The van der Waals surface area contributed by atoms with Gasteiger partial charge in [-0.25, -0.2) is 0 Å². The molecule has 0 saturated heterocycles. The van der Waals surface area contributed by atoms with Crippen LogP contribution in [0, 0.1) is 0 Å². The molecule has 128 valence electrons. The molecule has 3 rings (SSSR count). The van der Waals surface area contributed by atoms with E-state index in [0.717, 1.165) is 29.8 Å². The summed E-state index contributed by atoms with van der Waals surface area (Å²) in [6, 6.07) is 5.28. The maximum absolute atomic E-state index is 12.6. The summed E-state index contributed by atoms with van der Waals surface area (Å²) in [6.45, 7) is 3.46. The van der Waals surface area contributed by atoms with Gasteiger partial charge in [-0.1, -0.05) is 0 Å². The normalized spacial score (nSPS) is 14.6. The highest BCUT2D eigenvalue weighted by molar-refractivity contribution is 5.94. The van der Waals surface area contributed by atoms with Gasteiger partial charge in [-0.05, 0) is 25.1 Å². The first-order valence-electron chi connectivity index (χ1n) is 7.93. The van der Waals surface area contributed by atoms with Crippen molar-refractivity contribution in [3.05, 3.63) is 40.7 Å². The Bertz CT molecular complexity index is 741. The van der Waals surface area contributed by atoms with E-state index in [1.165, 1.54) is 0 Å². The van der Waals surface area contributed by atoms with E-state index in [2.05, 4.69) is 20.8 Å². The molecule has 24 heavy (non-hydrogen) atoms. The Morgan fingerprint density at radius 1 is 1.33 bits per heavy atom. The van der Waals surface area contributed by atoms with Crippen LogP contribution in [0.3, 0.4) is 0 Å². The molecule has 3 N–H and O–H groups in total. The summed E-state index contributed by atoms with van der Waals surface area (Å²) in [5, 5.41) is 13.4. The second kappa shape index (κ2) is 6.92. The Balaban J connectivity index is 1.81. The molecule has 0 spiro atoms. The fourth-order valence-corrected chi connectivity index (χ4v) is 2.93. The fourth-order valence-electron chi connectivity index (χ4n) is 2.93. The maximum atomic E-state index is 12.6. The Morgan fingerprint density at radius 3 is 2.92 bits per heavy atom. The Hall–Kier alpha value is -2.54. The molecule has 2 aromatic rings. The lowest BCUT2D eigenvalue weighted by atomic mass is 10.0. The smallest absolute Gasteiger partial charge is 0.272 e. The Kier molecular flexibility index (Phi) is 4.71.